The van der Waals surface area contributed by atoms with E-state index < -0.39 is 11.6 Å². The van der Waals surface area contributed by atoms with Gasteiger partial charge >= 0.3 is 6.09 Å². The number of aliphatic hydroxyl groups is 1. The molecular formula is C12H17NO3. The molecule has 0 aromatic heterocycles. The van der Waals surface area contributed by atoms with Gasteiger partial charge in [-0.2, -0.15) is 0 Å². The molecular weight excluding hydrogens is 206 g/mol. The van der Waals surface area contributed by atoms with Crippen molar-refractivity contribution in [2.75, 3.05) is 6.61 Å². The number of hydrogen-bond donors (Lipinski definition) is 2. The van der Waals surface area contributed by atoms with E-state index in [0.29, 0.717) is 12.2 Å². The molecule has 1 unspecified atom stereocenters. The molecule has 0 aliphatic heterocycles. The molecule has 0 fully saturated rings. The van der Waals surface area contributed by atoms with Gasteiger partial charge in [-0.15, -0.1) is 0 Å². The molecule has 0 aliphatic carbocycles. The van der Waals surface area contributed by atoms with Crippen molar-refractivity contribution in [3.8, 4) is 5.75 Å². The largest absolute Gasteiger partial charge is 0.413 e. The van der Waals surface area contributed by atoms with Crippen LogP contribution in [0.25, 0.3) is 0 Å². The molecule has 2 N–H and O–H groups in total. The summed E-state index contributed by atoms with van der Waals surface area (Å²) in [4.78, 5) is 11.5. The lowest BCUT2D eigenvalue weighted by molar-refractivity contribution is 0.148. The molecule has 0 spiro atoms. The molecule has 1 aromatic carbocycles. The van der Waals surface area contributed by atoms with Gasteiger partial charge in [0.15, 0.2) is 0 Å². The first-order valence-corrected chi connectivity index (χ1v) is 5.25. The third-order valence-electron chi connectivity index (χ3n) is 2.49. The Bertz CT molecular complexity index is 333. The molecule has 88 valence electrons. The van der Waals surface area contributed by atoms with Crippen molar-refractivity contribution < 1.29 is 14.6 Å². The summed E-state index contributed by atoms with van der Waals surface area (Å²) >= 11 is 0. The monoisotopic (exact) mass is 223 g/mol. The maximum absolute atomic E-state index is 11.5. The van der Waals surface area contributed by atoms with Crippen molar-refractivity contribution in [2.24, 2.45) is 0 Å². The molecule has 16 heavy (non-hydrogen) atoms. The molecule has 4 nitrogen and oxygen atoms in total. The van der Waals surface area contributed by atoms with E-state index in [4.69, 9.17) is 9.84 Å². The lowest BCUT2D eigenvalue weighted by Crippen LogP contribution is -2.49. The molecule has 4 heteroatoms. The second kappa shape index (κ2) is 5.51. The van der Waals surface area contributed by atoms with Crippen LogP contribution in [-0.2, 0) is 0 Å². The van der Waals surface area contributed by atoms with Gasteiger partial charge < -0.3 is 15.2 Å². The zero-order valence-electron chi connectivity index (χ0n) is 9.56. The van der Waals surface area contributed by atoms with Gasteiger partial charge in [-0.3, -0.25) is 0 Å². The smallest absolute Gasteiger partial charge is 0.410 e. The van der Waals surface area contributed by atoms with E-state index in [0.717, 1.165) is 0 Å². The van der Waals surface area contributed by atoms with Crippen LogP contribution in [0.2, 0.25) is 0 Å². The van der Waals surface area contributed by atoms with Crippen LogP contribution >= 0.6 is 0 Å². The lowest BCUT2D eigenvalue weighted by atomic mass is 10.0. The SMILES string of the molecule is CCC(C)(CO)NC(=O)Oc1ccccc1. The number of carbonyl (C=O) groups is 1. The zero-order chi connectivity index (χ0) is 12.0. The summed E-state index contributed by atoms with van der Waals surface area (Å²) in [7, 11) is 0. The molecule has 0 heterocycles. The fourth-order valence-corrected chi connectivity index (χ4v) is 1.11. The van der Waals surface area contributed by atoms with E-state index in [9.17, 15) is 4.79 Å². The highest BCUT2D eigenvalue weighted by Gasteiger charge is 2.24. The van der Waals surface area contributed by atoms with Crippen LogP contribution in [0.5, 0.6) is 5.75 Å². The van der Waals surface area contributed by atoms with Crippen molar-refractivity contribution >= 4 is 6.09 Å². The van der Waals surface area contributed by atoms with Gasteiger partial charge in [-0.05, 0) is 25.5 Å². The summed E-state index contributed by atoms with van der Waals surface area (Å²) in [6, 6.07) is 8.81. The number of benzene rings is 1. The highest BCUT2D eigenvalue weighted by Crippen LogP contribution is 2.11. The van der Waals surface area contributed by atoms with E-state index >= 15 is 0 Å². The fourth-order valence-electron chi connectivity index (χ4n) is 1.11. The normalized spacial score (nSPS) is 13.9. The van der Waals surface area contributed by atoms with Crippen LogP contribution in [0, 0.1) is 0 Å². The average molecular weight is 223 g/mol. The number of rotatable bonds is 4. The molecule has 0 saturated heterocycles. The number of carbonyl (C=O) groups excluding carboxylic acids is 1. The quantitative estimate of drug-likeness (QED) is 0.820. The molecule has 1 rings (SSSR count). The van der Waals surface area contributed by atoms with Gasteiger partial charge in [0.2, 0.25) is 0 Å². The van der Waals surface area contributed by atoms with E-state index in [1.165, 1.54) is 0 Å². The van der Waals surface area contributed by atoms with Gasteiger partial charge in [-0.1, -0.05) is 25.1 Å². The van der Waals surface area contributed by atoms with Gasteiger partial charge in [-0.25, -0.2) is 4.79 Å². The van der Waals surface area contributed by atoms with Gasteiger partial charge in [0, 0.05) is 0 Å². The third kappa shape index (κ3) is 3.55. The zero-order valence-corrected chi connectivity index (χ0v) is 9.56. The number of ether oxygens (including phenoxy) is 1. The Kier molecular flexibility index (Phi) is 4.31. The molecule has 0 aliphatic rings. The van der Waals surface area contributed by atoms with Crippen molar-refractivity contribution in [1.82, 2.24) is 5.32 Å². The van der Waals surface area contributed by atoms with E-state index in [1.54, 1.807) is 31.2 Å². The van der Waals surface area contributed by atoms with Crippen molar-refractivity contribution in [1.29, 1.82) is 0 Å². The minimum atomic E-state index is -0.633. The molecule has 0 radical (unpaired) electrons. The van der Waals surface area contributed by atoms with Crippen LogP contribution in [0.1, 0.15) is 20.3 Å². The number of para-hydroxylation sites is 1. The number of aliphatic hydroxyl groups excluding tert-OH is 1. The molecule has 1 aromatic rings. The molecule has 0 saturated carbocycles. The third-order valence-corrected chi connectivity index (χ3v) is 2.49. The Morgan fingerprint density at radius 3 is 2.56 bits per heavy atom. The first-order valence-electron chi connectivity index (χ1n) is 5.25. The first-order chi connectivity index (χ1) is 7.59. The summed E-state index contributed by atoms with van der Waals surface area (Å²) in [5.74, 6) is 0.483. The minimum Gasteiger partial charge on any atom is -0.410 e. The summed E-state index contributed by atoms with van der Waals surface area (Å²) in [6.07, 6.45) is 0.0810. The highest BCUT2D eigenvalue weighted by molar-refractivity contribution is 5.71. The van der Waals surface area contributed by atoms with E-state index in [1.807, 2.05) is 13.0 Å². The Balaban J connectivity index is 2.54. The average Bonchev–Trinajstić information content (AvgIpc) is 2.30. The number of nitrogens with one attached hydrogen (secondary N) is 1. The summed E-state index contributed by atoms with van der Waals surface area (Å²) in [5, 5.41) is 11.8. The van der Waals surface area contributed by atoms with Crippen LogP contribution in [0.3, 0.4) is 0 Å². The topological polar surface area (TPSA) is 58.6 Å². The predicted molar refractivity (Wildman–Crippen MR) is 61.4 cm³/mol. The minimum absolute atomic E-state index is 0.118. The Morgan fingerprint density at radius 1 is 1.44 bits per heavy atom. The van der Waals surface area contributed by atoms with Crippen LogP contribution in [0.15, 0.2) is 30.3 Å². The second-order valence-electron chi connectivity index (χ2n) is 3.90. The lowest BCUT2D eigenvalue weighted by Gasteiger charge is -2.26. The summed E-state index contributed by atoms with van der Waals surface area (Å²) in [6.45, 7) is 3.53. The van der Waals surface area contributed by atoms with E-state index in [2.05, 4.69) is 5.32 Å². The Labute approximate surface area is 95.2 Å². The van der Waals surface area contributed by atoms with Crippen molar-refractivity contribution in [2.45, 2.75) is 25.8 Å². The van der Waals surface area contributed by atoms with Gasteiger partial charge in [0.05, 0.1) is 12.1 Å². The molecule has 1 atom stereocenters. The van der Waals surface area contributed by atoms with Crippen molar-refractivity contribution in [3.63, 3.8) is 0 Å². The van der Waals surface area contributed by atoms with E-state index in [-0.39, 0.29) is 6.61 Å². The Morgan fingerprint density at radius 2 is 2.06 bits per heavy atom. The fraction of sp³-hybridized carbons (Fsp3) is 0.417. The predicted octanol–water partition coefficient (Wildman–Crippen LogP) is 1.94. The maximum Gasteiger partial charge on any atom is 0.413 e. The van der Waals surface area contributed by atoms with Crippen molar-refractivity contribution in [3.05, 3.63) is 30.3 Å². The summed E-state index contributed by atoms with van der Waals surface area (Å²) in [5.41, 5.74) is -0.633. The molecule has 0 bridgehead atoms. The van der Waals surface area contributed by atoms with Crippen LogP contribution in [-0.4, -0.2) is 23.3 Å². The second-order valence-corrected chi connectivity index (χ2v) is 3.90. The number of hydrogen-bond acceptors (Lipinski definition) is 3. The van der Waals surface area contributed by atoms with Crippen LogP contribution in [0.4, 0.5) is 4.79 Å². The first kappa shape index (κ1) is 12.5. The Hall–Kier alpha value is -1.55. The van der Waals surface area contributed by atoms with Gasteiger partial charge in [0.25, 0.3) is 0 Å². The molecule has 1 amide bonds. The highest BCUT2D eigenvalue weighted by atomic mass is 16.6. The van der Waals surface area contributed by atoms with Crippen LogP contribution < -0.4 is 10.1 Å². The standard InChI is InChI=1S/C12H17NO3/c1-3-12(2,9-14)13-11(15)16-10-7-5-4-6-8-10/h4-8,14H,3,9H2,1-2H3,(H,13,15). The number of amides is 1. The summed E-state index contributed by atoms with van der Waals surface area (Å²) < 4.78 is 5.05. The maximum atomic E-state index is 11.5. The van der Waals surface area contributed by atoms with Gasteiger partial charge in [0.1, 0.15) is 5.75 Å².